The maximum atomic E-state index is 6.01. The monoisotopic (exact) mass is 263 g/mol. The minimum Gasteiger partial charge on any atom is -0.383 e. The standard InChI is InChI=1S/C14H25N5/c1-5-11-9-19(8-7-18(11)4)14-10(3)13(15)16-12(6-2)17-14/h11H,5-9H2,1-4H3,(H2,15,16,17). The molecule has 2 heterocycles. The van der Waals surface area contributed by atoms with E-state index >= 15 is 0 Å². The molecule has 19 heavy (non-hydrogen) atoms. The van der Waals surface area contributed by atoms with Gasteiger partial charge >= 0.3 is 0 Å². The molecule has 2 rings (SSSR count). The van der Waals surface area contributed by atoms with Gasteiger partial charge in [-0.15, -0.1) is 0 Å². The Labute approximate surface area is 115 Å². The number of likely N-dealkylation sites (N-methyl/N-ethyl adjacent to an activating group) is 1. The van der Waals surface area contributed by atoms with Gasteiger partial charge in [-0.1, -0.05) is 13.8 Å². The van der Waals surface area contributed by atoms with Crippen LogP contribution in [0, 0.1) is 6.92 Å². The van der Waals surface area contributed by atoms with Crippen LogP contribution in [0.25, 0.3) is 0 Å². The summed E-state index contributed by atoms with van der Waals surface area (Å²) in [7, 11) is 2.20. The molecule has 0 aliphatic carbocycles. The molecular formula is C14H25N5. The van der Waals surface area contributed by atoms with Crippen molar-refractivity contribution in [3.8, 4) is 0 Å². The van der Waals surface area contributed by atoms with Crippen molar-refractivity contribution in [3.63, 3.8) is 0 Å². The maximum absolute atomic E-state index is 6.01. The first-order chi connectivity index (χ1) is 9.06. The summed E-state index contributed by atoms with van der Waals surface area (Å²) in [5, 5.41) is 0. The van der Waals surface area contributed by atoms with Crippen LogP contribution in [0.3, 0.4) is 0 Å². The average Bonchev–Trinajstić information content (AvgIpc) is 2.42. The fourth-order valence-corrected chi connectivity index (χ4v) is 2.61. The van der Waals surface area contributed by atoms with Crippen LogP contribution in [0.2, 0.25) is 0 Å². The van der Waals surface area contributed by atoms with Gasteiger partial charge in [0, 0.05) is 37.7 Å². The van der Waals surface area contributed by atoms with Gasteiger partial charge in [0.1, 0.15) is 17.5 Å². The molecule has 0 amide bonds. The highest BCUT2D eigenvalue weighted by Crippen LogP contribution is 2.24. The molecular weight excluding hydrogens is 238 g/mol. The third-order valence-corrected chi connectivity index (χ3v) is 4.07. The van der Waals surface area contributed by atoms with E-state index in [0.717, 1.165) is 49.7 Å². The van der Waals surface area contributed by atoms with Crippen LogP contribution in [0.5, 0.6) is 0 Å². The minimum absolute atomic E-state index is 0.592. The Morgan fingerprint density at radius 2 is 2.00 bits per heavy atom. The molecule has 1 fully saturated rings. The van der Waals surface area contributed by atoms with Gasteiger partial charge in [-0.2, -0.15) is 0 Å². The first-order valence-electron chi connectivity index (χ1n) is 7.15. The molecule has 0 bridgehead atoms. The molecule has 1 unspecified atom stereocenters. The van der Waals surface area contributed by atoms with Crippen LogP contribution in [0.1, 0.15) is 31.7 Å². The first-order valence-corrected chi connectivity index (χ1v) is 7.15. The number of aromatic nitrogens is 2. The van der Waals surface area contributed by atoms with Crippen molar-refractivity contribution in [1.29, 1.82) is 0 Å². The molecule has 1 aliphatic rings. The van der Waals surface area contributed by atoms with E-state index in [4.69, 9.17) is 5.73 Å². The summed E-state index contributed by atoms with van der Waals surface area (Å²) in [4.78, 5) is 13.8. The van der Waals surface area contributed by atoms with Crippen molar-refractivity contribution in [2.75, 3.05) is 37.3 Å². The molecule has 0 saturated carbocycles. The highest BCUT2D eigenvalue weighted by atomic mass is 15.3. The Balaban J connectivity index is 2.28. The number of hydrogen-bond acceptors (Lipinski definition) is 5. The third kappa shape index (κ3) is 2.81. The Morgan fingerprint density at radius 3 is 2.63 bits per heavy atom. The maximum Gasteiger partial charge on any atom is 0.137 e. The van der Waals surface area contributed by atoms with E-state index in [1.807, 2.05) is 6.92 Å². The molecule has 0 radical (unpaired) electrons. The molecule has 106 valence electrons. The predicted octanol–water partition coefficient (Wildman–Crippen LogP) is 1.46. The second-order valence-electron chi connectivity index (χ2n) is 5.32. The first kappa shape index (κ1) is 14.1. The lowest BCUT2D eigenvalue weighted by Crippen LogP contribution is -2.51. The smallest absolute Gasteiger partial charge is 0.137 e. The second kappa shape index (κ2) is 5.74. The Morgan fingerprint density at radius 1 is 1.26 bits per heavy atom. The van der Waals surface area contributed by atoms with Crippen LogP contribution in [-0.4, -0.2) is 47.6 Å². The summed E-state index contributed by atoms with van der Waals surface area (Å²) in [6.45, 7) is 9.42. The minimum atomic E-state index is 0.592. The lowest BCUT2D eigenvalue weighted by Gasteiger charge is -2.40. The number of hydrogen-bond donors (Lipinski definition) is 1. The van der Waals surface area contributed by atoms with Gasteiger partial charge in [0.2, 0.25) is 0 Å². The number of aryl methyl sites for hydroxylation is 1. The molecule has 5 heteroatoms. The van der Waals surface area contributed by atoms with Crippen molar-refractivity contribution in [3.05, 3.63) is 11.4 Å². The second-order valence-corrected chi connectivity index (χ2v) is 5.32. The zero-order valence-corrected chi connectivity index (χ0v) is 12.5. The highest BCUT2D eigenvalue weighted by Gasteiger charge is 2.25. The Bertz CT molecular complexity index is 446. The summed E-state index contributed by atoms with van der Waals surface area (Å²) >= 11 is 0. The van der Waals surface area contributed by atoms with Gasteiger partial charge in [0.25, 0.3) is 0 Å². The van der Waals surface area contributed by atoms with E-state index in [2.05, 4.69) is 40.7 Å². The van der Waals surface area contributed by atoms with Gasteiger partial charge < -0.3 is 10.6 Å². The van der Waals surface area contributed by atoms with E-state index in [1.54, 1.807) is 0 Å². The molecule has 1 saturated heterocycles. The summed E-state index contributed by atoms with van der Waals surface area (Å²) in [6, 6.07) is 0.592. The molecule has 1 aromatic heterocycles. The fourth-order valence-electron chi connectivity index (χ4n) is 2.61. The van der Waals surface area contributed by atoms with Crippen LogP contribution in [-0.2, 0) is 6.42 Å². The molecule has 0 spiro atoms. The topological polar surface area (TPSA) is 58.3 Å². The quantitative estimate of drug-likeness (QED) is 0.894. The number of nitrogens with zero attached hydrogens (tertiary/aromatic N) is 4. The molecule has 2 N–H and O–H groups in total. The van der Waals surface area contributed by atoms with E-state index in [0.29, 0.717) is 11.9 Å². The van der Waals surface area contributed by atoms with E-state index in [1.165, 1.54) is 0 Å². The molecule has 1 aliphatic heterocycles. The molecule has 1 atom stereocenters. The van der Waals surface area contributed by atoms with Crippen molar-refractivity contribution in [1.82, 2.24) is 14.9 Å². The van der Waals surface area contributed by atoms with Gasteiger partial charge in [0.05, 0.1) is 0 Å². The summed E-state index contributed by atoms with van der Waals surface area (Å²) in [6.07, 6.45) is 1.98. The summed E-state index contributed by atoms with van der Waals surface area (Å²) in [5.41, 5.74) is 7.02. The van der Waals surface area contributed by atoms with Crippen LogP contribution >= 0.6 is 0 Å². The fraction of sp³-hybridized carbons (Fsp3) is 0.714. The number of anilines is 2. The zero-order valence-electron chi connectivity index (χ0n) is 12.5. The summed E-state index contributed by atoms with van der Waals surface area (Å²) < 4.78 is 0. The number of nitrogens with two attached hydrogens (primary N) is 1. The van der Waals surface area contributed by atoms with Gasteiger partial charge in [-0.3, -0.25) is 4.90 Å². The van der Waals surface area contributed by atoms with Crippen molar-refractivity contribution < 1.29 is 0 Å². The number of nitrogen functional groups attached to an aromatic ring is 1. The van der Waals surface area contributed by atoms with E-state index in [-0.39, 0.29) is 0 Å². The van der Waals surface area contributed by atoms with Crippen LogP contribution in [0.4, 0.5) is 11.6 Å². The average molecular weight is 263 g/mol. The Hall–Kier alpha value is -1.36. The normalized spacial score (nSPS) is 20.8. The molecule has 1 aromatic rings. The largest absolute Gasteiger partial charge is 0.383 e. The van der Waals surface area contributed by atoms with Crippen molar-refractivity contribution >= 4 is 11.6 Å². The van der Waals surface area contributed by atoms with Crippen LogP contribution in [0.15, 0.2) is 0 Å². The SMILES string of the molecule is CCc1nc(N)c(C)c(N2CCN(C)C(CC)C2)n1. The lowest BCUT2D eigenvalue weighted by molar-refractivity contribution is 0.212. The molecule has 5 nitrogen and oxygen atoms in total. The molecule has 0 aromatic carbocycles. The van der Waals surface area contributed by atoms with Crippen molar-refractivity contribution in [2.45, 2.75) is 39.7 Å². The van der Waals surface area contributed by atoms with Crippen LogP contribution < -0.4 is 10.6 Å². The van der Waals surface area contributed by atoms with E-state index < -0.39 is 0 Å². The Kier molecular flexibility index (Phi) is 4.24. The lowest BCUT2D eigenvalue weighted by atomic mass is 10.1. The highest BCUT2D eigenvalue weighted by molar-refractivity contribution is 5.56. The van der Waals surface area contributed by atoms with Gasteiger partial charge in [0.15, 0.2) is 0 Å². The number of piperazine rings is 1. The number of rotatable bonds is 3. The third-order valence-electron chi connectivity index (χ3n) is 4.07. The summed E-state index contributed by atoms with van der Waals surface area (Å²) in [5.74, 6) is 2.48. The van der Waals surface area contributed by atoms with Crippen molar-refractivity contribution in [2.24, 2.45) is 0 Å². The van der Waals surface area contributed by atoms with Gasteiger partial charge in [-0.05, 0) is 20.4 Å². The predicted molar refractivity (Wildman–Crippen MR) is 79.5 cm³/mol. The van der Waals surface area contributed by atoms with E-state index in [9.17, 15) is 0 Å². The van der Waals surface area contributed by atoms with Gasteiger partial charge in [-0.25, -0.2) is 9.97 Å². The zero-order chi connectivity index (χ0) is 14.0.